The van der Waals surface area contributed by atoms with Gasteiger partial charge in [0.15, 0.2) is 0 Å². The van der Waals surface area contributed by atoms with Gasteiger partial charge in [-0.05, 0) is 13.3 Å². The summed E-state index contributed by atoms with van der Waals surface area (Å²) in [6, 6.07) is 0. The molecule has 0 bridgehead atoms. The number of hydrogen-bond acceptors (Lipinski definition) is 5. The topological polar surface area (TPSA) is 52.1 Å². The smallest absolute Gasteiger partial charge is 0.306 e. The first-order valence-electron chi connectivity index (χ1n) is 5.81. The van der Waals surface area contributed by atoms with E-state index in [0.717, 1.165) is 29.3 Å². The second-order valence-electron chi connectivity index (χ2n) is 3.79. The van der Waals surface area contributed by atoms with Crippen molar-refractivity contribution in [1.82, 2.24) is 9.97 Å². The van der Waals surface area contributed by atoms with E-state index in [0.29, 0.717) is 17.3 Å². The molecule has 4 nitrogen and oxygen atoms in total. The molecule has 0 unspecified atom stereocenters. The molecule has 0 amide bonds. The first-order valence-corrected chi connectivity index (χ1v) is 7.17. The van der Waals surface area contributed by atoms with Gasteiger partial charge in [-0.1, -0.05) is 18.5 Å². The van der Waals surface area contributed by atoms with Crippen LogP contribution >= 0.6 is 23.4 Å². The Bertz CT molecular complexity index is 427. The van der Waals surface area contributed by atoms with Gasteiger partial charge in [0.1, 0.15) is 16.0 Å². The summed E-state index contributed by atoms with van der Waals surface area (Å²) in [4.78, 5) is 19.7. The quantitative estimate of drug-likeness (QED) is 0.457. The predicted octanol–water partition coefficient (Wildman–Crippen LogP) is 3.05. The molecule has 0 aliphatic carbocycles. The molecule has 18 heavy (non-hydrogen) atoms. The molecule has 0 N–H and O–H groups in total. The zero-order valence-electron chi connectivity index (χ0n) is 10.8. The Hall–Kier alpha value is -0.810. The van der Waals surface area contributed by atoms with Crippen molar-refractivity contribution in [2.75, 3.05) is 12.9 Å². The van der Waals surface area contributed by atoms with Crippen molar-refractivity contribution < 1.29 is 9.53 Å². The maximum Gasteiger partial charge on any atom is 0.306 e. The van der Waals surface area contributed by atoms with Crippen molar-refractivity contribution in [2.24, 2.45) is 0 Å². The highest BCUT2D eigenvalue weighted by Gasteiger charge is 2.10. The molecular weight excluding hydrogens is 272 g/mol. The second-order valence-corrected chi connectivity index (χ2v) is 5.23. The van der Waals surface area contributed by atoms with Gasteiger partial charge < -0.3 is 4.74 Å². The summed E-state index contributed by atoms with van der Waals surface area (Å²) in [6.45, 7) is 3.96. The first-order chi connectivity index (χ1) is 8.58. The number of carbonyl (C=O) groups is 1. The van der Waals surface area contributed by atoms with Crippen molar-refractivity contribution in [3.05, 3.63) is 16.5 Å². The molecule has 6 heteroatoms. The Morgan fingerprint density at radius 1 is 1.44 bits per heavy atom. The highest BCUT2D eigenvalue weighted by atomic mass is 35.5. The minimum atomic E-state index is -0.214. The Morgan fingerprint density at radius 2 is 2.17 bits per heavy atom. The molecule has 0 aromatic carbocycles. The summed E-state index contributed by atoms with van der Waals surface area (Å²) in [7, 11) is 1.39. The lowest BCUT2D eigenvalue weighted by Gasteiger charge is -2.08. The van der Waals surface area contributed by atoms with Crippen LogP contribution in [0.2, 0.25) is 5.15 Å². The van der Waals surface area contributed by atoms with Gasteiger partial charge in [-0.3, -0.25) is 4.79 Å². The number of hydrogen-bond donors (Lipinski definition) is 0. The molecule has 0 radical (unpaired) electrons. The highest BCUT2D eigenvalue weighted by molar-refractivity contribution is 7.99. The third-order valence-corrected chi connectivity index (χ3v) is 3.78. The Kier molecular flexibility index (Phi) is 6.43. The lowest BCUT2D eigenvalue weighted by atomic mass is 10.3. The molecule has 1 rings (SSSR count). The van der Waals surface area contributed by atoms with E-state index < -0.39 is 0 Å². The number of methoxy groups -OCH3 is 1. The SMILES string of the molecule is CCCc1nc(Cl)c(C)c(SCCC(=O)OC)n1. The Labute approximate surface area is 116 Å². The van der Waals surface area contributed by atoms with E-state index in [9.17, 15) is 4.79 Å². The Morgan fingerprint density at radius 3 is 2.78 bits per heavy atom. The van der Waals surface area contributed by atoms with Crippen molar-refractivity contribution in [3.63, 3.8) is 0 Å². The number of thioether (sulfide) groups is 1. The van der Waals surface area contributed by atoms with Crippen LogP contribution in [0, 0.1) is 6.92 Å². The van der Waals surface area contributed by atoms with Gasteiger partial charge in [0.2, 0.25) is 0 Å². The van der Waals surface area contributed by atoms with E-state index in [1.165, 1.54) is 18.9 Å². The fourth-order valence-electron chi connectivity index (χ4n) is 1.32. The summed E-state index contributed by atoms with van der Waals surface area (Å²) in [5, 5.41) is 1.34. The third kappa shape index (κ3) is 4.46. The number of carbonyl (C=O) groups excluding carboxylic acids is 1. The van der Waals surface area contributed by atoms with Crippen molar-refractivity contribution in [3.8, 4) is 0 Å². The van der Waals surface area contributed by atoms with E-state index in [1.54, 1.807) is 0 Å². The number of aryl methyl sites for hydroxylation is 1. The average molecular weight is 289 g/mol. The minimum absolute atomic E-state index is 0.214. The maximum absolute atomic E-state index is 11.0. The molecule has 1 heterocycles. The molecule has 100 valence electrons. The van der Waals surface area contributed by atoms with Crippen LogP contribution in [0.4, 0.5) is 0 Å². The van der Waals surface area contributed by atoms with Gasteiger partial charge in [0, 0.05) is 17.7 Å². The van der Waals surface area contributed by atoms with Gasteiger partial charge in [-0.25, -0.2) is 9.97 Å². The van der Waals surface area contributed by atoms with Crippen LogP contribution in [0.15, 0.2) is 5.03 Å². The van der Waals surface area contributed by atoms with Gasteiger partial charge in [-0.15, -0.1) is 11.8 Å². The summed E-state index contributed by atoms with van der Waals surface area (Å²) in [5.74, 6) is 1.18. The average Bonchev–Trinajstić information content (AvgIpc) is 2.35. The van der Waals surface area contributed by atoms with Crippen LogP contribution in [0.25, 0.3) is 0 Å². The fraction of sp³-hybridized carbons (Fsp3) is 0.583. The van der Waals surface area contributed by atoms with Crippen molar-refractivity contribution in [1.29, 1.82) is 0 Å². The number of nitrogens with zero attached hydrogens (tertiary/aromatic N) is 2. The first kappa shape index (κ1) is 15.2. The molecule has 1 aromatic rings. The molecule has 0 atom stereocenters. The van der Waals surface area contributed by atoms with Crippen molar-refractivity contribution in [2.45, 2.75) is 38.1 Å². The van der Waals surface area contributed by atoms with Crippen LogP contribution in [-0.2, 0) is 16.0 Å². The molecule has 0 aliphatic heterocycles. The van der Waals surface area contributed by atoms with Crippen LogP contribution in [0.5, 0.6) is 0 Å². The van der Waals surface area contributed by atoms with E-state index in [2.05, 4.69) is 21.6 Å². The molecule has 0 aliphatic rings. The number of rotatable bonds is 6. The van der Waals surface area contributed by atoms with Crippen molar-refractivity contribution >= 4 is 29.3 Å². The lowest BCUT2D eigenvalue weighted by molar-refractivity contribution is -0.140. The maximum atomic E-state index is 11.0. The molecule has 0 saturated heterocycles. The minimum Gasteiger partial charge on any atom is -0.469 e. The zero-order valence-corrected chi connectivity index (χ0v) is 12.4. The van der Waals surface area contributed by atoms with Gasteiger partial charge >= 0.3 is 5.97 Å². The summed E-state index contributed by atoms with van der Waals surface area (Å²) < 4.78 is 4.59. The highest BCUT2D eigenvalue weighted by Crippen LogP contribution is 2.25. The van der Waals surface area contributed by atoms with Gasteiger partial charge in [0.05, 0.1) is 13.5 Å². The van der Waals surface area contributed by atoms with E-state index in [1.807, 2.05) is 6.92 Å². The van der Waals surface area contributed by atoms with E-state index in [4.69, 9.17) is 11.6 Å². The Balaban J connectivity index is 2.71. The van der Waals surface area contributed by atoms with Gasteiger partial charge in [-0.2, -0.15) is 0 Å². The second kappa shape index (κ2) is 7.59. The molecular formula is C12H17ClN2O2S. The number of halogens is 1. The van der Waals surface area contributed by atoms with E-state index >= 15 is 0 Å². The summed E-state index contributed by atoms with van der Waals surface area (Å²) >= 11 is 7.58. The van der Waals surface area contributed by atoms with Crippen LogP contribution in [0.1, 0.15) is 31.2 Å². The standard InChI is InChI=1S/C12H17ClN2O2S/c1-4-5-9-14-11(13)8(2)12(15-9)18-7-6-10(16)17-3/h4-7H2,1-3H3. The summed E-state index contributed by atoms with van der Waals surface area (Å²) in [6.07, 6.45) is 2.15. The fourth-order valence-corrected chi connectivity index (χ4v) is 2.51. The molecule has 0 spiro atoms. The van der Waals surface area contributed by atoms with Crippen LogP contribution in [0.3, 0.4) is 0 Å². The molecule has 0 fully saturated rings. The monoisotopic (exact) mass is 288 g/mol. The largest absolute Gasteiger partial charge is 0.469 e. The van der Waals surface area contributed by atoms with Crippen LogP contribution in [-0.4, -0.2) is 28.8 Å². The van der Waals surface area contributed by atoms with Crippen LogP contribution < -0.4 is 0 Å². The number of ether oxygens (including phenoxy) is 1. The molecule has 1 aromatic heterocycles. The zero-order chi connectivity index (χ0) is 13.5. The third-order valence-electron chi connectivity index (χ3n) is 2.33. The normalized spacial score (nSPS) is 10.4. The predicted molar refractivity (Wildman–Crippen MR) is 73.1 cm³/mol. The van der Waals surface area contributed by atoms with Gasteiger partial charge in [0.25, 0.3) is 0 Å². The number of esters is 1. The molecule has 0 saturated carbocycles. The summed E-state index contributed by atoms with van der Waals surface area (Å²) in [5.41, 5.74) is 0.867. The number of aromatic nitrogens is 2. The lowest BCUT2D eigenvalue weighted by Crippen LogP contribution is -2.03. The van der Waals surface area contributed by atoms with E-state index in [-0.39, 0.29) is 5.97 Å².